The molecule has 41 heavy (non-hydrogen) atoms. The highest BCUT2D eigenvalue weighted by Crippen LogP contribution is 2.33. The number of nitrogens with zero attached hydrogens (tertiary/aromatic N) is 2. The van der Waals surface area contributed by atoms with E-state index in [-0.39, 0.29) is 34.8 Å². The smallest absolute Gasteiger partial charge is 0.264 e. The molecule has 0 bridgehead atoms. The molecular formula is C30H35Cl2N3O5S. The van der Waals surface area contributed by atoms with Crippen molar-refractivity contribution in [3.05, 3.63) is 88.4 Å². The zero-order valence-corrected chi connectivity index (χ0v) is 25.8. The molecular weight excluding hydrogens is 585 g/mol. The van der Waals surface area contributed by atoms with Gasteiger partial charge in [-0.25, -0.2) is 8.42 Å². The molecule has 1 N–H and O–H groups in total. The van der Waals surface area contributed by atoms with Crippen LogP contribution in [0, 0.1) is 0 Å². The Bertz CT molecular complexity index is 1450. The highest BCUT2D eigenvalue weighted by molar-refractivity contribution is 7.92. The minimum absolute atomic E-state index is 0.00700. The lowest BCUT2D eigenvalue weighted by Crippen LogP contribution is -2.53. The van der Waals surface area contributed by atoms with Gasteiger partial charge in [0.1, 0.15) is 18.3 Å². The summed E-state index contributed by atoms with van der Waals surface area (Å²) in [5.41, 5.74) is 0.753. The van der Waals surface area contributed by atoms with Crippen LogP contribution in [0.5, 0.6) is 5.75 Å². The van der Waals surface area contributed by atoms with Crippen molar-refractivity contribution in [3.8, 4) is 5.75 Å². The summed E-state index contributed by atoms with van der Waals surface area (Å²) >= 11 is 12.5. The van der Waals surface area contributed by atoms with E-state index in [0.717, 1.165) is 4.31 Å². The highest BCUT2D eigenvalue weighted by atomic mass is 35.5. The molecule has 2 amide bonds. The molecule has 3 aromatic carbocycles. The maximum absolute atomic E-state index is 14.2. The standard InChI is InChI=1S/C30H35Cl2N3O5S/c1-5-21(3)33-30(37)26(6-2)34(19-22-16-17-23(31)18-25(22)32)29(36)20-35(27-14-10-11-15-28(27)40-4)41(38,39)24-12-8-7-9-13-24/h7-18,21,26H,5-6,19-20H2,1-4H3,(H,33,37). The number of amides is 2. The van der Waals surface area contributed by atoms with Crippen molar-refractivity contribution in [2.75, 3.05) is 18.0 Å². The summed E-state index contributed by atoms with van der Waals surface area (Å²) in [6.07, 6.45) is 0.995. The first-order valence-electron chi connectivity index (χ1n) is 13.3. The number of carbonyl (C=O) groups excluding carboxylic acids is 2. The van der Waals surface area contributed by atoms with Crippen LogP contribution in [0.1, 0.15) is 39.2 Å². The quantitative estimate of drug-likeness (QED) is 0.256. The first-order valence-corrected chi connectivity index (χ1v) is 15.5. The number of para-hydroxylation sites is 2. The molecule has 0 spiro atoms. The van der Waals surface area contributed by atoms with E-state index < -0.39 is 28.5 Å². The van der Waals surface area contributed by atoms with E-state index in [0.29, 0.717) is 28.5 Å². The van der Waals surface area contributed by atoms with Gasteiger partial charge in [-0.15, -0.1) is 0 Å². The van der Waals surface area contributed by atoms with E-state index in [1.165, 1.54) is 24.1 Å². The third kappa shape index (κ3) is 7.93. The lowest BCUT2D eigenvalue weighted by molar-refractivity contribution is -0.140. The molecule has 0 heterocycles. The van der Waals surface area contributed by atoms with Crippen LogP contribution in [0.2, 0.25) is 10.0 Å². The van der Waals surface area contributed by atoms with Crippen molar-refractivity contribution >= 4 is 50.7 Å². The van der Waals surface area contributed by atoms with Gasteiger partial charge in [-0.3, -0.25) is 13.9 Å². The van der Waals surface area contributed by atoms with E-state index >= 15 is 0 Å². The van der Waals surface area contributed by atoms with Gasteiger partial charge in [0, 0.05) is 22.6 Å². The molecule has 0 saturated heterocycles. The molecule has 0 saturated carbocycles. The molecule has 11 heteroatoms. The van der Waals surface area contributed by atoms with E-state index in [4.69, 9.17) is 27.9 Å². The first-order chi connectivity index (χ1) is 19.5. The second kappa shape index (κ2) is 14.6. The molecule has 0 aliphatic carbocycles. The number of nitrogens with one attached hydrogen (secondary N) is 1. The van der Waals surface area contributed by atoms with E-state index in [9.17, 15) is 18.0 Å². The molecule has 0 radical (unpaired) electrons. The Morgan fingerprint density at radius 1 is 0.951 bits per heavy atom. The number of hydrogen-bond donors (Lipinski definition) is 1. The third-order valence-corrected chi connectivity index (χ3v) is 9.07. The molecule has 3 aromatic rings. The van der Waals surface area contributed by atoms with Crippen LogP contribution < -0.4 is 14.4 Å². The lowest BCUT2D eigenvalue weighted by Gasteiger charge is -2.34. The van der Waals surface area contributed by atoms with Crippen LogP contribution in [0.3, 0.4) is 0 Å². The van der Waals surface area contributed by atoms with Gasteiger partial charge in [-0.2, -0.15) is 0 Å². The number of rotatable bonds is 13. The number of anilines is 1. The van der Waals surface area contributed by atoms with Gasteiger partial charge in [0.2, 0.25) is 11.8 Å². The van der Waals surface area contributed by atoms with Crippen molar-refractivity contribution in [1.82, 2.24) is 10.2 Å². The molecule has 0 aliphatic rings. The Labute approximate surface area is 252 Å². The molecule has 2 unspecified atom stereocenters. The summed E-state index contributed by atoms with van der Waals surface area (Å²) in [5, 5.41) is 3.70. The summed E-state index contributed by atoms with van der Waals surface area (Å²) in [4.78, 5) is 28.9. The second-order valence-electron chi connectivity index (χ2n) is 9.50. The van der Waals surface area contributed by atoms with Crippen LogP contribution >= 0.6 is 23.2 Å². The molecule has 0 aromatic heterocycles. The van der Waals surface area contributed by atoms with Crippen molar-refractivity contribution < 1.29 is 22.7 Å². The van der Waals surface area contributed by atoms with Gasteiger partial charge in [0.25, 0.3) is 10.0 Å². The minimum Gasteiger partial charge on any atom is -0.495 e. The van der Waals surface area contributed by atoms with Gasteiger partial charge in [-0.1, -0.05) is 73.4 Å². The van der Waals surface area contributed by atoms with Crippen molar-refractivity contribution in [1.29, 1.82) is 0 Å². The average molecular weight is 621 g/mol. The van der Waals surface area contributed by atoms with Crippen molar-refractivity contribution in [2.24, 2.45) is 0 Å². The summed E-state index contributed by atoms with van der Waals surface area (Å²) in [5.74, 6) is -0.656. The summed E-state index contributed by atoms with van der Waals surface area (Å²) in [6, 6.07) is 18.3. The summed E-state index contributed by atoms with van der Waals surface area (Å²) < 4.78 is 34.4. The fourth-order valence-electron chi connectivity index (χ4n) is 4.26. The zero-order valence-electron chi connectivity index (χ0n) is 23.5. The SMILES string of the molecule is CCC(C)NC(=O)C(CC)N(Cc1ccc(Cl)cc1Cl)C(=O)CN(c1ccccc1OC)S(=O)(=O)c1ccccc1. The number of hydrogen-bond acceptors (Lipinski definition) is 5. The van der Waals surface area contributed by atoms with Crippen LogP contribution in [0.25, 0.3) is 0 Å². The van der Waals surface area contributed by atoms with Gasteiger partial charge in [0.05, 0.1) is 17.7 Å². The predicted molar refractivity (Wildman–Crippen MR) is 163 cm³/mol. The normalized spacial score (nSPS) is 12.7. The van der Waals surface area contributed by atoms with Crippen LogP contribution in [-0.4, -0.2) is 50.9 Å². The maximum atomic E-state index is 14.2. The Kier molecular flexibility index (Phi) is 11.5. The van der Waals surface area contributed by atoms with E-state index in [1.54, 1.807) is 67.6 Å². The number of sulfonamides is 1. The predicted octanol–water partition coefficient (Wildman–Crippen LogP) is 5.92. The molecule has 3 rings (SSSR count). The minimum atomic E-state index is -4.22. The molecule has 220 valence electrons. The third-order valence-electron chi connectivity index (χ3n) is 6.71. The maximum Gasteiger partial charge on any atom is 0.264 e. The van der Waals surface area contributed by atoms with Gasteiger partial charge in [0.15, 0.2) is 0 Å². The van der Waals surface area contributed by atoms with Crippen molar-refractivity contribution in [2.45, 2.75) is 57.1 Å². The largest absolute Gasteiger partial charge is 0.495 e. The monoisotopic (exact) mass is 619 g/mol. The van der Waals surface area contributed by atoms with Crippen LogP contribution in [-0.2, 0) is 26.2 Å². The number of benzene rings is 3. The molecule has 2 atom stereocenters. The fourth-order valence-corrected chi connectivity index (χ4v) is 6.18. The Balaban J connectivity index is 2.11. The number of halogens is 2. The highest BCUT2D eigenvalue weighted by Gasteiger charge is 2.35. The first kappa shape index (κ1) is 32.2. The number of ether oxygens (including phenoxy) is 1. The Hall–Kier alpha value is -3.27. The zero-order chi connectivity index (χ0) is 30.2. The van der Waals surface area contributed by atoms with Gasteiger partial charge < -0.3 is 15.0 Å². The Morgan fingerprint density at radius 3 is 2.22 bits per heavy atom. The summed E-state index contributed by atoms with van der Waals surface area (Å²) in [6.45, 7) is 5.00. The molecule has 0 aliphatic heterocycles. The summed E-state index contributed by atoms with van der Waals surface area (Å²) in [7, 11) is -2.79. The van der Waals surface area contributed by atoms with E-state index in [2.05, 4.69) is 5.32 Å². The van der Waals surface area contributed by atoms with E-state index in [1.807, 2.05) is 13.8 Å². The average Bonchev–Trinajstić information content (AvgIpc) is 2.97. The van der Waals surface area contributed by atoms with Crippen LogP contribution in [0.15, 0.2) is 77.7 Å². The van der Waals surface area contributed by atoms with Gasteiger partial charge >= 0.3 is 0 Å². The fraction of sp³-hybridized carbons (Fsp3) is 0.333. The molecule has 0 fully saturated rings. The van der Waals surface area contributed by atoms with Gasteiger partial charge in [-0.05, 0) is 61.7 Å². The Morgan fingerprint density at radius 2 is 1.61 bits per heavy atom. The molecule has 8 nitrogen and oxygen atoms in total. The van der Waals surface area contributed by atoms with Crippen molar-refractivity contribution in [3.63, 3.8) is 0 Å². The number of methoxy groups -OCH3 is 1. The number of carbonyl (C=O) groups is 2. The van der Waals surface area contributed by atoms with Crippen LogP contribution in [0.4, 0.5) is 5.69 Å². The second-order valence-corrected chi connectivity index (χ2v) is 12.2. The lowest BCUT2D eigenvalue weighted by atomic mass is 10.1. The topological polar surface area (TPSA) is 96.0 Å².